The van der Waals surface area contributed by atoms with E-state index in [1.54, 1.807) is 13.3 Å². The number of hydrogen-bond acceptors (Lipinski definition) is 5. The number of carboxylic acids is 1. The molecule has 0 saturated carbocycles. The molecule has 0 radical (unpaired) electrons. The van der Waals surface area contributed by atoms with E-state index in [0.717, 1.165) is 56.5 Å². The third kappa shape index (κ3) is 5.54. The highest BCUT2D eigenvalue weighted by Gasteiger charge is 2.23. The molecule has 1 aliphatic carbocycles. The van der Waals surface area contributed by atoms with E-state index in [4.69, 9.17) is 9.72 Å². The molecule has 4 rings (SSSR count). The van der Waals surface area contributed by atoms with Crippen LogP contribution in [0.3, 0.4) is 0 Å². The van der Waals surface area contributed by atoms with Crippen LogP contribution in [0.2, 0.25) is 0 Å². The van der Waals surface area contributed by atoms with Crippen molar-refractivity contribution in [1.29, 1.82) is 0 Å². The number of carboxylic acid groups (broad SMARTS) is 1. The van der Waals surface area contributed by atoms with Gasteiger partial charge in [-0.3, -0.25) is 4.79 Å². The van der Waals surface area contributed by atoms with Crippen molar-refractivity contribution in [3.8, 4) is 5.88 Å². The third-order valence-electron chi connectivity index (χ3n) is 6.77. The Hall–Kier alpha value is -2.63. The van der Waals surface area contributed by atoms with Crippen LogP contribution in [0.5, 0.6) is 5.88 Å². The standard InChI is InChI=1S/C25H33N3O3/c1-31-23-11-10-21(16-27-23)18(15-24(29)30)6-3-2-5-17-8-9-19-14-20-7-4-12-26-25(20)28-22(19)13-17/h10-11,14,16-18H,2-9,12-13,15H2,1H3,(H,26,28)(H,29,30). The smallest absolute Gasteiger partial charge is 0.303 e. The van der Waals surface area contributed by atoms with E-state index in [2.05, 4.69) is 16.4 Å². The molecule has 2 aromatic heterocycles. The Morgan fingerprint density at radius 3 is 2.97 bits per heavy atom. The van der Waals surface area contributed by atoms with Crippen LogP contribution in [0, 0.1) is 5.92 Å². The summed E-state index contributed by atoms with van der Waals surface area (Å²) in [5.74, 6) is 1.59. The van der Waals surface area contributed by atoms with Crippen molar-refractivity contribution in [3.05, 3.63) is 46.8 Å². The average Bonchev–Trinajstić information content (AvgIpc) is 2.79. The first-order chi connectivity index (χ1) is 15.1. The van der Waals surface area contributed by atoms with Gasteiger partial charge < -0.3 is 15.2 Å². The molecule has 0 saturated heterocycles. The minimum absolute atomic E-state index is 0.00208. The molecule has 31 heavy (non-hydrogen) atoms. The molecule has 0 spiro atoms. The average molecular weight is 424 g/mol. The Morgan fingerprint density at radius 2 is 2.19 bits per heavy atom. The van der Waals surface area contributed by atoms with Gasteiger partial charge in [0, 0.05) is 24.5 Å². The van der Waals surface area contributed by atoms with Gasteiger partial charge in [0.25, 0.3) is 0 Å². The zero-order chi connectivity index (χ0) is 21.6. The Bertz CT molecular complexity index is 898. The number of ether oxygens (including phenoxy) is 1. The van der Waals surface area contributed by atoms with Crippen LogP contribution in [-0.2, 0) is 24.1 Å². The second kappa shape index (κ2) is 10.1. The van der Waals surface area contributed by atoms with Crippen molar-refractivity contribution in [1.82, 2.24) is 9.97 Å². The first kappa shape index (κ1) is 21.6. The Balaban J connectivity index is 1.28. The van der Waals surface area contributed by atoms with Gasteiger partial charge in [0.1, 0.15) is 5.82 Å². The lowest BCUT2D eigenvalue weighted by Gasteiger charge is -2.27. The van der Waals surface area contributed by atoms with E-state index < -0.39 is 5.97 Å². The number of methoxy groups -OCH3 is 1. The molecule has 3 heterocycles. The van der Waals surface area contributed by atoms with Gasteiger partial charge in [0.15, 0.2) is 0 Å². The maximum atomic E-state index is 11.3. The molecule has 2 N–H and O–H groups in total. The number of anilines is 1. The monoisotopic (exact) mass is 423 g/mol. The van der Waals surface area contributed by atoms with Gasteiger partial charge in [-0.05, 0) is 67.1 Å². The lowest BCUT2D eigenvalue weighted by atomic mass is 9.82. The van der Waals surface area contributed by atoms with Gasteiger partial charge in [0.05, 0.1) is 13.5 Å². The molecule has 2 atom stereocenters. The van der Waals surface area contributed by atoms with Crippen molar-refractivity contribution in [2.75, 3.05) is 19.0 Å². The molecule has 6 nitrogen and oxygen atoms in total. The van der Waals surface area contributed by atoms with E-state index in [0.29, 0.717) is 11.8 Å². The minimum Gasteiger partial charge on any atom is -0.481 e. The molecule has 0 aromatic carbocycles. The molecular weight excluding hydrogens is 390 g/mol. The van der Waals surface area contributed by atoms with Gasteiger partial charge in [-0.25, -0.2) is 9.97 Å². The number of aryl methyl sites for hydroxylation is 2. The van der Waals surface area contributed by atoms with Crippen LogP contribution < -0.4 is 10.1 Å². The number of carbonyl (C=O) groups is 1. The first-order valence-corrected chi connectivity index (χ1v) is 11.6. The van der Waals surface area contributed by atoms with Gasteiger partial charge in [-0.15, -0.1) is 0 Å². The normalized spacial score (nSPS) is 18.4. The second-order valence-corrected chi connectivity index (χ2v) is 8.95. The van der Waals surface area contributed by atoms with Crippen LogP contribution >= 0.6 is 0 Å². The molecule has 2 aromatic rings. The second-order valence-electron chi connectivity index (χ2n) is 8.95. The summed E-state index contributed by atoms with van der Waals surface area (Å²) in [6.07, 6.45) is 11.9. The number of nitrogens with zero attached hydrogens (tertiary/aromatic N) is 2. The molecular formula is C25H33N3O3. The summed E-state index contributed by atoms with van der Waals surface area (Å²) in [6.45, 7) is 1.03. The maximum Gasteiger partial charge on any atom is 0.303 e. The summed E-state index contributed by atoms with van der Waals surface area (Å²) in [7, 11) is 1.58. The summed E-state index contributed by atoms with van der Waals surface area (Å²) in [5, 5.41) is 12.8. The zero-order valence-electron chi connectivity index (χ0n) is 18.4. The molecule has 6 heteroatoms. The third-order valence-corrected chi connectivity index (χ3v) is 6.77. The van der Waals surface area contributed by atoms with Gasteiger partial charge in [-0.1, -0.05) is 31.4 Å². The number of fused-ring (bicyclic) bond motifs is 2. The number of aliphatic carboxylic acids is 1. The predicted molar refractivity (Wildman–Crippen MR) is 121 cm³/mol. The summed E-state index contributed by atoms with van der Waals surface area (Å²) in [4.78, 5) is 20.6. The molecule has 166 valence electrons. The van der Waals surface area contributed by atoms with Crippen LogP contribution in [0.1, 0.15) is 73.2 Å². The number of hydrogen-bond donors (Lipinski definition) is 2. The molecule has 1 aliphatic heterocycles. The van der Waals surface area contributed by atoms with E-state index in [9.17, 15) is 9.90 Å². The van der Waals surface area contributed by atoms with E-state index in [1.165, 1.54) is 36.1 Å². The Labute approximate surface area is 184 Å². The van der Waals surface area contributed by atoms with E-state index >= 15 is 0 Å². The minimum atomic E-state index is -0.757. The summed E-state index contributed by atoms with van der Waals surface area (Å²) >= 11 is 0. The summed E-state index contributed by atoms with van der Waals surface area (Å²) in [5.41, 5.74) is 5.11. The fraction of sp³-hybridized carbons (Fsp3) is 0.560. The summed E-state index contributed by atoms with van der Waals surface area (Å²) in [6, 6.07) is 6.14. The van der Waals surface area contributed by atoms with E-state index in [1.807, 2.05) is 12.1 Å². The number of aromatic nitrogens is 2. The van der Waals surface area contributed by atoms with Crippen molar-refractivity contribution >= 4 is 11.8 Å². The fourth-order valence-electron chi connectivity index (χ4n) is 5.02. The van der Waals surface area contributed by atoms with Crippen LogP contribution in [0.4, 0.5) is 5.82 Å². The molecule has 0 bridgehead atoms. The topological polar surface area (TPSA) is 84.3 Å². The molecule has 0 fully saturated rings. The van der Waals surface area contributed by atoms with Gasteiger partial charge in [0.2, 0.25) is 5.88 Å². The highest BCUT2D eigenvalue weighted by molar-refractivity contribution is 5.68. The highest BCUT2D eigenvalue weighted by Crippen LogP contribution is 2.33. The highest BCUT2D eigenvalue weighted by atomic mass is 16.5. The van der Waals surface area contributed by atoms with Crippen LogP contribution in [-0.4, -0.2) is 34.7 Å². The number of unbranched alkanes of at least 4 members (excludes halogenated alkanes) is 1. The number of nitrogens with one attached hydrogen (secondary N) is 1. The lowest BCUT2D eigenvalue weighted by Crippen LogP contribution is -2.20. The first-order valence-electron chi connectivity index (χ1n) is 11.6. The number of pyridine rings is 2. The Morgan fingerprint density at radius 1 is 1.29 bits per heavy atom. The van der Waals surface area contributed by atoms with Crippen molar-refractivity contribution < 1.29 is 14.6 Å². The van der Waals surface area contributed by atoms with Crippen molar-refractivity contribution in [2.45, 2.75) is 70.1 Å². The van der Waals surface area contributed by atoms with Crippen molar-refractivity contribution in [2.24, 2.45) is 5.92 Å². The quantitative estimate of drug-likeness (QED) is 0.565. The maximum absolute atomic E-state index is 11.3. The van der Waals surface area contributed by atoms with Gasteiger partial charge >= 0.3 is 5.97 Å². The lowest BCUT2D eigenvalue weighted by molar-refractivity contribution is -0.137. The largest absolute Gasteiger partial charge is 0.481 e. The van der Waals surface area contributed by atoms with Gasteiger partial charge in [-0.2, -0.15) is 0 Å². The van der Waals surface area contributed by atoms with E-state index in [-0.39, 0.29) is 12.3 Å². The van der Waals surface area contributed by atoms with Crippen LogP contribution in [0.25, 0.3) is 0 Å². The molecule has 0 amide bonds. The zero-order valence-corrected chi connectivity index (χ0v) is 18.4. The SMILES string of the molecule is COc1ccc(C(CCCCC2CCc3cc4c(nc3C2)NCCC4)CC(=O)O)cn1. The van der Waals surface area contributed by atoms with Crippen LogP contribution in [0.15, 0.2) is 24.4 Å². The predicted octanol–water partition coefficient (Wildman–Crippen LogP) is 4.77. The number of rotatable bonds is 9. The Kier molecular flexibility index (Phi) is 7.05. The molecule has 2 aliphatic rings. The molecule has 2 unspecified atom stereocenters. The van der Waals surface area contributed by atoms with Crippen molar-refractivity contribution in [3.63, 3.8) is 0 Å². The summed E-state index contributed by atoms with van der Waals surface area (Å²) < 4.78 is 5.11. The fourth-order valence-corrected chi connectivity index (χ4v) is 5.02.